The van der Waals surface area contributed by atoms with Crippen molar-refractivity contribution in [3.8, 4) is 0 Å². The Kier molecular flexibility index (Phi) is 8.46. The van der Waals surface area contributed by atoms with Crippen molar-refractivity contribution in [1.82, 2.24) is 0 Å². The van der Waals surface area contributed by atoms with E-state index < -0.39 is 0 Å². The molecule has 156 valence electrons. The van der Waals surface area contributed by atoms with E-state index in [1.807, 2.05) is 0 Å². The fraction of sp³-hybridized carbons (Fsp3) is 0.308. The second-order valence-electron chi connectivity index (χ2n) is 8.59. The van der Waals surface area contributed by atoms with E-state index in [2.05, 4.69) is 96.1 Å². The number of hydrogen-bond acceptors (Lipinski definition) is 0. The zero-order valence-electron chi connectivity index (χ0n) is 18.5. The molecular formula is C26H29Cl2PTi. The van der Waals surface area contributed by atoms with Gasteiger partial charge in [0.1, 0.15) is 0 Å². The minimum Gasteiger partial charge on any atom is -1.00 e. The molecule has 2 aliphatic rings. The summed E-state index contributed by atoms with van der Waals surface area (Å²) in [5.41, 5.74) is 9.62. The van der Waals surface area contributed by atoms with E-state index >= 15 is 0 Å². The van der Waals surface area contributed by atoms with Crippen molar-refractivity contribution >= 4 is 19.2 Å². The molecule has 0 aliphatic heterocycles. The minimum absolute atomic E-state index is 0. The summed E-state index contributed by atoms with van der Waals surface area (Å²) < 4.78 is 2.39. The van der Waals surface area contributed by atoms with Crippen LogP contribution in [0.15, 0.2) is 80.8 Å². The van der Waals surface area contributed by atoms with Gasteiger partial charge in [-0.2, -0.15) is 0 Å². The van der Waals surface area contributed by atoms with Gasteiger partial charge in [-0.1, -0.05) is 0 Å². The number of allylic oxidation sites excluding steroid dienone is 5. The Morgan fingerprint density at radius 1 is 0.800 bits per heavy atom. The van der Waals surface area contributed by atoms with Gasteiger partial charge < -0.3 is 24.8 Å². The van der Waals surface area contributed by atoms with E-state index in [-0.39, 0.29) is 49.4 Å². The zero-order chi connectivity index (χ0) is 20.1. The summed E-state index contributed by atoms with van der Waals surface area (Å²) in [5, 5.41) is 3.03. The van der Waals surface area contributed by atoms with Crippen molar-refractivity contribution in [3.63, 3.8) is 0 Å². The van der Waals surface area contributed by atoms with E-state index in [9.17, 15) is 0 Å². The molecule has 0 fully saturated rings. The Morgan fingerprint density at radius 3 is 2.00 bits per heavy atom. The predicted octanol–water partition coefficient (Wildman–Crippen LogP) is 1.22. The van der Waals surface area contributed by atoms with Crippen LogP contribution < -0.4 is 30.1 Å². The first-order valence-electron chi connectivity index (χ1n) is 10.1. The van der Waals surface area contributed by atoms with Gasteiger partial charge >= 0.3 is 181 Å². The Bertz CT molecular complexity index is 1030. The van der Waals surface area contributed by atoms with Gasteiger partial charge in [0, 0.05) is 0 Å². The average molecular weight is 491 g/mol. The molecule has 2 aromatic rings. The van der Waals surface area contributed by atoms with Crippen LogP contribution in [0.25, 0.3) is 5.31 Å². The van der Waals surface area contributed by atoms with Gasteiger partial charge in [-0.05, 0) is 0 Å². The SMILES string of the molecule is CC1=C(C)C(C)(C)[C]([Ti+2][CH]2C(C)=C(Pc3ccccc3)c3ccccc32)=C1C.[Cl-].[Cl-]. The maximum absolute atomic E-state index is 2.44. The maximum Gasteiger partial charge on any atom is -1.00 e. The van der Waals surface area contributed by atoms with Crippen molar-refractivity contribution in [2.24, 2.45) is 5.41 Å². The fourth-order valence-corrected chi connectivity index (χ4v) is 9.33. The minimum atomic E-state index is -0.285. The van der Waals surface area contributed by atoms with Crippen LogP contribution in [-0.4, -0.2) is 0 Å². The molecule has 4 heteroatoms. The summed E-state index contributed by atoms with van der Waals surface area (Å²) in [5.74, 6) is 0. The molecule has 4 rings (SSSR count). The third kappa shape index (κ3) is 4.33. The summed E-state index contributed by atoms with van der Waals surface area (Å²) >= 11 is -0.285. The van der Waals surface area contributed by atoms with Crippen molar-refractivity contribution in [3.05, 3.63) is 91.9 Å². The zero-order valence-corrected chi connectivity index (χ0v) is 22.6. The van der Waals surface area contributed by atoms with Crippen molar-refractivity contribution < 1.29 is 44.0 Å². The van der Waals surface area contributed by atoms with Gasteiger partial charge in [-0.15, -0.1) is 0 Å². The van der Waals surface area contributed by atoms with Crippen LogP contribution in [-0.2, 0) is 19.2 Å². The van der Waals surface area contributed by atoms with Gasteiger partial charge in [0.05, 0.1) is 0 Å². The van der Waals surface area contributed by atoms with Crippen LogP contribution in [0.4, 0.5) is 0 Å². The molecule has 2 atom stereocenters. The molecule has 0 bridgehead atoms. The van der Waals surface area contributed by atoms with Crippen molar-refractivity contribution in [2.45, 2.75) is 45.8 Å². The molecule has 0 heterocycles. The smallest absolute Gasteiger partial charge is 1.00 e. The molecular weight excluding hydrogens is 462 g/mol. The van der Waals surface area contributed by atoms with Crippen LogP contribution in [0.2, 0.25) is 0 Å². The first-order chi connectivity index (χ1) is 13.3. The number of hydrogen-bond donors (Lipinski definition) is 0. The Morgan fingerprint density at radius 2 is 1.40 bits per heavy atom. The van der Waals surface area contributed by atoms with E-state index in [4.69, 9.17) is 0 Å². The van der Waals surface area contributed by atoms with E-state index in [1.54, 1.807) is 31.5 Å². The second-order valence-corrected chi connectivity index (χ2v) is 12.0. The van der Waals surface area contributed by atoms with E-state index in [0.29, 0.717) is 4.22 Å². The Hall–Kier alpha value is -0.616. The van der Waals surface area contributed by atoms with Crippen LogP contribution in [0, 0.1) is 5.41 Å². The van der Waals surface area contributed by atoms with Gasteiger partial charge in [0.15, 0.2) is 0 Å². The number of rotatable bonds is 4. The Balaban J connectivity index is 0.00000160. The van der Waals surface area contributed by atoms with Crippen LogP contribution in [0.1, 0.15) is 56.9 Å². The normalized spacial score (nSPS) is 19.7. The summed E-state index contributed by atoms with van der Waals surface area (Å²) in [6.45, 7) is 14.3. The molecule has 0 radical (unpaired) electrons. The van der Waals surface area contributed by atoms with Gasteiger partial charge in [0.2, 0.25) is 0 Å². The summed E-state index contributed by atoms with van der Waals surface area (Å²) in [4.78, 5) is 0. The molecule has 30 heavy (non-hydrogen) atoms. The molecule has 2 unspecified atom stereocenters. The fourth-order valence-electron chi connectivity index (χ4n) is 4.61. The number of benzene rings is 2. The topological polar surface area (TPSA) is 0 Å². The average Bonchev–Trinajstić information content (AvgIpc) is 3.03. The van der Waals surface area contributed by atoms with Crippen molar-refractivity contribution in [1.29, 1.82) is 0 Å². The second kappa shape index (κ2) is 9.89. The molecule has 0 spiro atoms. The predicted molar refractivity (Wildman–Crippen MR) is 121 cm³/mol. The molecule has 0 aromatic heterocycles. The molecule has 0 saturated carbocycles. The standard InChI is InChI=1S/C16H14P.C10H15.2ClH.Ti/c1-12-11-13-7-5-6-10-15(13)16(12)17-14-8-3-2-4-9-14;1-7-6-10(4,5)9(3)8(7)2;;;/h2-11,17H,1H3;1-5H3;2*1H;/q;;;;+2/p-2. The summed E-state index contributed by atoms with van der Waals surface area (Å²) in [6, 6.07) is 20.2. The van der Waals surface area contributed by atoms with Crippen LogP contribution >= 0.6 is 8.58 Å². The van der Waals surface area contributed by atoms with Gasteiger partial charge in [0.25, 0.3) is 0 Å². The maximum atomic E-state index is 2.44. The first kappa shape index (κ1) is 25.6. The third-order valence-electron chi connectivity index (χ3n) is 6.76. The van der Waals surface area contributed by atoms with Gasteiger partial charge in [-0.3, -0.25) is 0 Å². The van der Waals surface area contributed by atoms with E-state index in [0.717, 1.165) is 8.58 Å². The Labute approximate surface area is 205 Å². The van der Waals surface area contributed by atoms with Crippen LogP contribution in [0.5, 0.6) is 0 Å². The molecule has 0 N–H and O–H groups in total. The molecule has 0 amide bonds. The van der Waals surface area contributed by atoms with Crippen LogP contribution in [0.3, 0.4) is 0 Å². The number of halogens is 2. The molecule has 0 nitrogen and oxygen atoms in total. The molecule has 2 aliphatic carbocycles. The largest absolute Gasteiger partial charge is 1.00 e. The summed E-state index contributed by atoms with van der Waals surface area (Å²) in [7, 11) is 0.748. The molecule has 0 saturated heterocycles. The third-order valence-corrected chi connectivity index (χ3v) is 11.9. The first-order valence-corrected chi connectivity index (χ1v) is 12.8. The number of fused-ring (bicyclic) bond motifs is 1. The summed E-state index contributed by atoms with van der Waals surface area (Å²) in [6.07, 6.45) is 0. The molecule has 2 aromatic carbocycles. The quantitative estimate of drug-likeness (QED) is 0.446. The monoisotopic (exact) mass is 490 g/mol. The van der Waals surface area contributed by atoms with Crippen molar-refractivity contribution in [2.75, 3.05) is 0 Å². The van der Waals surface area contributed by atoms with E-state index in [1.165, 1.54) is 16.4 Å². The van der Waals surface area contributed by atoms with Gasteiger partial charge in [-0.25, -0.2) is 0 Å².